The van der Waals surface area contributed by atoms with Gasteiger partial charge in [0.15, 0.2) is 0 Å². The van der Waals surface area contributed by atoms with Gasteiger partial charge in [-0.05, 0) is 111 Å². The minimum absolute atomic E-state index is 1.21. The Kier molecular flexibility index (Phi) is 7.25. The smallest absolute Gasteiger partial charge is 0.00201 e. The molecule has 10 aromatic carbocycles. The standard InChI is InChI=1S/C52H34/c1-3-15-37(16-4-1)43-26-14-27-44(50(43)38-18-5-2-6-19-38)39-31-29-35-30-32-40(34-41(35)33-39)51-46-22-9-11-24-48(46)52(49-25-12-10-23-47(49)51)45-28-13-20-36-17-7-8-21-42(36)45/h1-34H. The maximum atomic E-state index is 2.40. The highest BCUT2D eigenvalue weighted by atomic mass is 14.2. The third-order valence-corrected chi connectivity index (χ3v) is 10.6. The van der Waals surface area contributed by atoms with Crippen molar-refractivity contribution in [3.63, 3.8) is 0 Å². The SMILES string of the molecule is c1ccc(-c2cccc(-c3ccc4ccc(-c5c6ccccc6c(-c6cccc7ccccc67)c6ccccc56)cc4c3)c2-c2ccccc2)cc1. The molecule has 0 unspecified atom stereocenters. The fourth-order valence-corrected chi connectivity index (χ4v) is 8.31. The van der Waals surface area contributed by atoms with E-state index in [1.165, 1.54) is 98.7 Å². The summed E-state index contributed by atoms with van der Waals surface area (Å²) in [5.74, 6) is 0. The molecule has 0 N–H and O–H groups in total. The maximum absolute atomic E-state index is 2.40. The van der Waals surface area contributed by atoms with Crippen molar-refractivity contribution in [3.8, 4) is 55.6 Å². The van der Waals surface area contributed by atoms with Crippen LogP contribution < -0.4 is 0 Å². The van der Waals surface area contributed by atoms with Crippen LogP contribution in [0.4, 0.5) is 0 Å². The van der Waals surface area contributed by atoms with E-state index in [2.05, 4.69) is 206 Å². The van der Waals surface area contributed by atoms with Gasteiger partial charge in [-0.25, -0.2) is 0 Å². The van der Waals surface area contributed by atoms with E-state index >= 15 is 0 Å². The van der Waals surface area contributed by atoms with Crippen LogP contribution in [0.1, 0.15) is 0 Å². The molecule has 0 aromatic heterocycles. The Morgan fingerprint density at radius 2 is 0.654 bits per heavy atom. The third-order valence-electron chi connectivity index (χ3n) is 10.6. The van der Waals surface area contributed by atoms with Gasteiger partial charge < -0.3 is 0 Å². The molecule has 0 spiro atoms. The predicted molar refractivity (Wildman–Crippen MR) is 224 cm³/mol. The summed E-state index contributed by atoms with van der Waals surface area (Å²) in [7, 11) is 0. The number of hydrogen-bond donors (Lipinski definition) is 0. The van der Waals surface area contributed by atoms with Gasteiger partial charge in [-0.15, -0.1) is 0 Å². The van der Waals surface area contributed by atoms with Crippen molar-refractivity contribution in [2.75, 3.05) is 0 Å². The van der Waals surface area contributed by atoms with E-state index in [4.69, 9.17) is 0 Å². The van der Waals surface area contributed by atoms with Crippen molar-refractivity contribution >= 4 is 43.1 Å². The molecular weight excluding hydrogens is 625 g/mol. The van der Waals surface area contributed by atoms with E-state index < -0.39 is 0 Å². The molecule has 0 nitrogen and oxygen atoms in total. The zero-order chi connectivity index (χ0) is 34.4. The fraction of sp³-hybridized carbons (Fsp3) is 0. The molecule has 0 heterocycles. The molecule has 0 aliphatic rings. The van der Waals surface area contributed by atoms with Crippen LogP contribution in [0.2, 0.25) is 0 Å². The summed E-state index contributed by atoms with van der Waals surface area (Å²) < 4.78 is 0. The first kappa shape index (κ1) is 30.1. The predicted octanol–water partition coefficient (Wildman–Crippen LogP) is 14.6. The maximum Gasteiger partial charge on any atom is -0.00201 e. The average Bonchev–Trinajstić information content (AvgIpc) is 3.22. The Morgan fingerprint density at radius 3 is 1.33 bits per heavy atom. The van der Waals surface area contributed by atoms with E-state index in [-0.39, 0.29) is 0 Å². The first-order chi connectivity index (χ1) is 25.8. The van der Waals surface area contributed by atoms with Crippen molar-refractivity contribution in [1.82, 2.24) is 0 Å². The van der Waals surface area contributed by atoms with Crippen molar-refractivity contribution in [2.45, 2.75) is 0 Å². The summed E-state index contributed by atoms with van der Waals surface area (Å²) in [6, 6.07) is 75.5. The molecule has 0 saturated heterocycles. The molecule has 0 atom stereocenters. The Morgan fingerprint density at radius 1 is 0.192 bits per heavy atom. The normalized spacial score (nSPS) is 11.5. The lowest BCUT2D eigenvalue weighted by atomic mass is 9.84. The van der Waals surface area contributed by atoms with Gasteiger partial charge in [-0.2, -0.15) is 0 Å². The summed E-state index contributed by atoms with van der Waals surface area (Å²) in [5.41, 5.74) is 12.4. The quantitative estimate of drug-likeness (QED) is 0.161. The largest absolute Gasteiger partial charge is 0.0622 e. The molecule has 0 amide bonds. The summed E-state index contributed by atoms with van der Waals surface area (Å²) in [4.78, 5) is 0. The first-order valence-electron chi connectivity index (χ1n) is 18.0. The zero-order valence-electron chi connectivity index (χ0n) is 28.6. The number of fused-ring (bicyclic) bond motifs is 4. The van der Waals surface area contributed by atoms with Crippen LogP contribution in [0, 0.1) is 0 Å². The van der Waals surface area contributed by atoms with E-state index in [1.807, 2.05) is 0 Å². The van der Waals surface area contributed by atoms with Crippen LogP contribution in [0.5, 0.6) is 0 Å². The topological polar surface area (TPSA) is 0 Å². The lowest BCUT2D eigenvalue weighted by molar-refractivity contribution is 1.56. The van der Waals surface area contributed by atoms with Gasteiger partial charge in [0, 0.05) is 0 Å². The van der Waals surface area contributed by atoms with Crippen molar-refractivity contribution in [3.05, 3.63) is 206 Å². The van der Waals surface area contributed by atoms with Crippen LogP contribution in [0.25, 0.3) is 98.7 Å². The zero-order valence-corrected chi connectivity index (χ0v) is 28.6. The fourth-order valence-electron chi connectivity index (χ4n) is 8.31. The van der Waals surface area contributed by atoms with E-state index in [0.717, 1.165) is 0 Å². The summed E-state index contributed by atoms with van der Waals surface area (Å²) in [6.07, 6.45) is 0. The van der Waals surface area contributed by atoms with Gasteiger partial charge >= 0.3 is 0 Å². The summed E-state index contributed by atoms with van der Waals surface area (Å²) in [6.45, 7) is 0. The third kappa shape index (κ3) is 5.00. The highest BCUT2D eigenvalue weighted by Gasteiger charge is 2.19. The molecule has 0 radical (unpaired) electrons. The molecule has 52 heavy (non-hydrogen) atoms. The molecule has 0 saturated carbocycles. The average molecular weight is 659 g/mol. The monoisotopic (exact) mass is 658 g/mol. The second-order valence-corrected chi connectivity index (χ2v) is 13.6. The van der Waals surface area contributed by atoms with Crippen molar-refractivity contribution in [1.29, 1.82) is 0 Å². The van der Waals surface area contributed by atoms with Gasteiger partial charge in [0.1, 0.15) is 0 Å². The van der Waals surface area contributed by atoms with Gasteiger partial charge in [0.25, 0.3) is 0 Å². The molecular formula is C52H34. The van der Waals surface area contributed by atoms with E-state index in [0.29, 0.717) is 0 Å². The van der Waals surface area contributed by atoms with Crippen LogP contribution >= 0.6 is 0 Å². The van der Waals surface area contributed by atoms with Crippen molar-refractivity contribution in [2.24, 2.45) is 0 Å². The minimum atomic E-state index is 1.21. The Bertz CT molecular complexity index is 2870. The number of rotatable bonds is 5. The first-order valence-corrected chi connectivity index (χ1v) is 18.0. The molecule has 242 valence electrons. The summed E-state index contributed by atoms with van der Waals surface area (Å²) >= 11 is 0. The highest BCUT2D eigenvalue weighted by Crippen LogP contribution is 2.46. The molecule has 0 bridgehead atoms. The Hall–Kier alpha value is -6.76. The van der Waals surface area contributed by atoms with Crippen LogP contribution in [0.15, 0.2) is 206 Å². The van der Waals surface area contributed by atoms with Gasteiger partial charge in [-0.3, -0.25) is 0 Å². The number of benzene rings is 10. The lowest BCUT2D eigenvalue weighted by Gasteiger charge is -2.19. The van der Waals surface area contributed by atoms with Crippen LogP contribution in [-0.2, 0) is 0 Å². The van der Waals surface area contributed by atoms with E-state index in [9.17, 15) is 0 Å². The molecule has 0 aliphatic carbocycles. The van der Waals surface area contributed by atoms with E-state index in [1.54, 1.807) is 0 Å². The highest BCUT2D eigenvalue weighted by molar-refractivity contribution is 6.23. The molecule has 10 rings (SSSR count). The molecule has 0 aliphatic heterocycles. The van der Waals surface area contributed by atoms with Gasteiger partial charge in [-0.1, -0.05) is 194 Å². The van der Waals surface area contributed by atoms with Crippen molar-refractivity contribution < 1.29 is 0 Å². The molecule has 10 aromatic rings. The second kappa shape index (κ2) is 12.5. The molecule has 0 heteroatoms. The Balaban J connectivity index is 1.20. The van der Waals surface area contributed by atoms with Crippen LogP contribution in [-0.4, -0.2) is 0 Å². The lowest BCUT2D eigenvalue weighted by Crippen LogP contribution is -1.92. The minimum Gasteiger partial charge on any atom is -0.0622 e. The Labute approximate surface area is 303 Å². The molecule has 0 fully saturated rings. The van der Waals surface area contributed by atoms with Gasteiger partial charge in [0.2, 0.25) is 0 Å². The van der Waals surface area contributed by atoms with Crippen LogP contribution in [0.3, 0.4) is 0 Å². The number of hydrogen-bond acceptors (Lipinski definition) is 0. The summed E-state index contributed by atoms with van der Waals surface area (Å²) in [5, 5.41) is 10.1. The second-order valence-electron chi connectivity index (χ2n) is 13.6. The van der Waals surface area contributed by atoms with Gasteiger partial charge in [0.05, 0.1) is 0 Å².